The molecule has 1 aromatic rings. The van der Waals surface area contributed by atoms with Gasteiger partial charge >= 0.3 is 0 Å². The third-order valence-corrected chi connectivity index (χ3v) is 4.44. The lowest BCUT2D eigenvalue weighted by molar-refractivity contribution is -0.0261. The van der Waals surface area contributed by atoms with Crippen LogP contribution >= 0.6 is 0 Å². The fourth-order valence-corrected chi connectivity index (χ4v) is 3.08. The van der Waals surface area contributed by atoms with Crippen molar-refractivity contribution in [3.05, 3.63) is 23.8 Å². The number of rotatable bonds is 6. The summed E-state index contributed by atoms with van der Waals surface area (Å²) in [6.45, 7) is 4.81. The second-order valence-corrected chi connectivity index (χ2v) is 6.17. The maximum atomic E-state index is 12.2. The van der Waals surface area contributed by atoms with E-state index >= 15 is 0 Å². The average molecular weight is 319 g/mol. The van der Waals surface area contributed by atoms with Gasteiger partial charge in [0.15, 0.2) is 11.5 Å². The Morgan fingerprint density at radius 1 is 1.26 bits per heavy atom. The van der Waals surface area contributed by atoms with Crippen LogP contribution in [0.5, 0.6) is 11.5 Å². The van der Waals surface area contributed by atoms with Gasteiger partial charge in [0, 0.05) is 25.1 Å². The van der Waals surface area contributed by atoms with Crippen LogP contribution in [0.3, 0.4) is 0 Å². The summed E-state index contributed by atoms with van der Waals surface area (Å²) in [6, 6.07) is 5.37. The molecule has 1 heterocycles. The largest absolute Gasteiger partial charge is 0.490 e. The van der Waals surface area contributed by atoms with Gasteiger partial charge in [-0.1, -0.05) is 0 Å². The summed E-state index contributed by atoms with van der Waals surface area (Å²) in [7, 11) is 0. The fraction of sp³-hybridized carbons (Fsp3) is 0.611. The highest BCUT2D eigenvalue weighted by Gasteiger charge is 2.28. The number of benzene rings is 1. The van der Waals surface area contributed by atoms with Crippen molar-refractivity contribution in [3.63, 3.8) is 0 Å². The minimum Gasteiger partial charge on any atom is -0.490 e. The Labute approximate surface area is 137 Å². The van der Waals surface area contributed by atoms with Gasteiger partial charge in [-0.3, -0.25) is 4.79 Å². The number of carbonyl (C=O) groups excluding carboxylic acids is 1. The van der Waals surface area contributed by atoms with E-state index in [-0.39, 0.29) is 5.91 Å². The van der Waals surface area contributed by atoms with Crippen molar-refractivity contribution in [2.24, 2.45) is 5.92 Å². The molecule has 0 atom stereocenters. The van der Waals surface area contributed by atoms with E-state index in [4.69, 9.17) is 14.2 Å². The molecule has 0 bridgehead atoms. The van der Waals surface area contributed by atoms with E-state index in [2.05, 4.69) is 5.32 Å². The number of hydrogen-bond acceptors (Lipinski definition) is 4. The van der Waals surface area contributed by atoms with Gasteiger partial charge < -0.3 is 19.5 Å². The Morgan fingerprint density at radius 2 is 2.04 bits per heavy atom. The van der Waals surface area contributed by atoms with Crippen LogP contribution in [0.25, 0.3) is 0 Å². The molecule has 0 unspecified atom stereocenters. The first-order chi connectivity index (χ1) is 11.3. The molecule has 1 saturated carbocycles. The third kappa shape index (κ3) is 4.16. The zero-order valence-electron chi connectivity index (χ0n) is 13.7. The molecule has 1 aliphatic carbocycles. The smallest absolute Gasteiger partial charge is 0.251 e. The van der Waals surface area contributed by atoms with Gasteiger partial charge in [-0.15, -0.1) is 0 Å². The van der Waals surface area contributed by atoms with Crippen molar-refractivity contribution in [2.45, 2.75) is 38.7 Å². The number of hydrogen-bond donors (Lipinski definition) is 1. The van der Waals surface area contributed by atoms with Crippen LogP contribution in [0, 0.1) is 5.92 Å². The van der Waals surface area contributed by atoms with Crippen LogP contribution in [-0.4, -0.2) is 38.4 Å². The molecular formula is C18H25NO4. The van der Waals surface area contributed by atoms with Crippen LogP contribution in [0.1, 0.15) is 43.0 Å². The van der Waals surface area contributed by atoms with Crippen molar-refractivity contribution in [3.8, 4) is 11.5 Å². The number of fused-ring (bicyclic) bond motifs is 1. The summed E-state index contributed by atoms with van der Waals surface area (Å²) in [5, 5.41) is 2.99. The maximum absolute atomic E-state index is 12.2. The van der Waals surface area contributed by atoms with Crippen molar-refractivity contribution in [2.75, 3.05) is 26.4 Å². The summed E-state index contributed by atoms with van der Waals surface area (Å²) in [5.41, 5.74) is 0.620. The van der Waals surface area contributed by atoms with E-state index < -0.39 is 0 Å². The molecule has 3 rings (SSSR count). The highest BCUT2D eigenvalue weighted by Crippen LogP contribution is 2.32. The molecule has 2 aliphatic rings. The normalized spacial score (nSPS) is 22.8. The number of carbonyl (C=O) groups is 1. The van der Waals surface area contributed by atoms with Gasteiger partial charge in [0.2, 0.25) is 0 Å². The number of nitrogens with one attached hydrogen (secondary N) is 1. The average Bonchev–Trinajstić information content (AvgIpc) is 2.76. The molecule has 1 fully saturated rings. The lowest BCUT2D eigenvalue weighted by Crippen LogP contribution is -2.34. The predicted molar refractivity (Wildman–Crippen MR) is 87.1 cm³/mol. The molecule has 0 saturated heterocycles. The molecule has 1 amide bonds. The minimum atomic E-state index is -0.0543. The summed E-state index contributed by atoms with van der Waals surface area (Å²) in [5.74, 6) is 2.00. The molecule has 1 aromatic carbocycles. The molecule has 0 aromatic heterocycles. The van der Waals surface area contributed by atoms with E-state index in [9.17, 15) is 4.79 Å². The van der Waals surface area contributed by atoms with Crippen molar-refractivity contribution in [1.82, 2.24) is 5.32 Å². The summed E-state index contributed by atoms with van der Waals surface area (Å²) < 4.78 is 16.8. The van der Waals surface area contributed by atoms with Crippen molar-refractivity contribution < 1.29 is 19.0 Å². The first kappa shape index (κ1) is 16.1. The zero-order chi connectivity index (χ0) is 16.1. The monoisotopic (exact) mass is 319 g/mol. The Balaban J connectivity index is 1.44. The topological polar surface area (TPSA) is 56.8 Å². The second kappa shape index (κ2) is 7.68. The Bertz CT molecular complexity index is 540. The molecule has 126 valence electrons. The van der Waals surface area contributed by atoms with Crippen molar-refractivity contribution in [1.29, 1.82) is 0 Å². The molecular weight excluding hydrogens is 294 g/mol. The number of ether oxygens (including phenoxy) is 3. The Kier molecular flexibility index (Phi) is 5.39. The lowest BCUT2D eigenvalue weighted by Gasteiger charge is -2.34. The van der Waals surface area contributed by atoms with Gasteiger partial charge in [-0.2, -0.15) is 0 Å². The minimum absolute atomic E-state index is 0.0543. The molecule has 1 N–H and O–H groups in total. The highest BCUT2D eigenvalue weighted by atomic mass is 16.5. The van der Waals surface area contributed by atoms with E-state index in [1.54, 1.807) is 12.1 Å². The van der Waals surface area contributed by atoms with Crippen LogP contribution in [0.15, 0.2) is 18.2 Å². The van der Waals surface area contributed by atoms with Gasteiger partial charge in [0.25, 0.3) is 5.91 Å². The molecule has 0 spiro atoms. The van der Waals surface area contributed by atoms with E-state index in [1.165, 1.54) is 0 Å². The Morgan fingerprint density at radius 3 is 2.83 bits per heavy atom. The first-order valence-electron chi connectivity index (χ1n) is 8.55. The van der Waals surface area contributed by atoms with Gasteiger partial charge in [0.05, 0.1) is 19.3 Å². The van der Waals surface area contributed by atoms with E-state index in [0.717, 1.165) is 38.0 Å². The van der Waals surface area contributed by atoms with E-state index in [0.29, 0.717) is 43.1 Å². The van der Waals surface area contributed by atoms with Crippen LogP contribution in [0.4, 0.5) is 0 Å². The third-order valence-electron chi connectivity index (χ3n) is 4.44. The first-order valence-corrected chi connectivity index (χ1v) is 8.55. The Hall–Kier alpha value is -1.75. The molecule has 5 nitrogen and oxygen atoms in total. The highest BCUT2D eigenvalue weighted by molar-refractivity contribution is 5.94. The molecule has 5 heteroatoms. The van der Waals surface area contributed by atoms with Gasteiger partial charge in [0.1, 0.15) is 0 Å². The molecule has 23 heavy (non-hydrogen) atoms. The van der Waals surface area contributed by atoms with Crippen LogP contribution < -0.4 is 14.8 Å². The number of amides is 1. The standard InChI is InChI=1S/C18H25NO4/c1-2-21-15-10-13(11-15)6-7-19-18(20)14-4-5-16-17(12-14)23-9-3-8-22-16/h4-5,12-13,15H,2-3,6-11H2,1H3,(H,19,20). The van der Waals surface area contributed by atoms with Gasteiger partial charge in [-0.25, -0.2) is 0 Å². The maximum Gasteiger partial charge on any atom is 0.251 e. The SMILES string of the molecule is CCOC1CC(CCNC(=O)c2ccc3c(c2)OCCCO3)C1. The zero-order valence-corrected chi connectivity index (χ0v) is 13.7. The predicted octanol–water partition coefficient (Wildman–Crippen LogP) is 2.78. The van der Waals surface area contributed by atoms with Crippen LogP contribution in [-0.2, 0) is 4.74 Å². The fourth-order valence-electron chi connectivity index (χ4n) is 3.08. The summed E-state index contributed by atoms with van der Waals surface area (Å²) in [4.78, 5) is 12.2. The summed E-state index contributed by atoms with van der Waals surface area (Å²) in [6.07, 6.45) is 4.55. The van der Waals surface area contributed by atoms with Crippen molar-refractivity contribution >= 4 is 5.91 Å². The van der Waals surface area contributed by atoms with Crippen LogP contribution in [0.2, 0.25) is 0 Å². The summed E-state index contributed by atoms with van der Waals surface area (Å²) >= 11 is 0. The van der Waals surface area contributed by atoms with Gasteiger partial charge in [-0.05, 0) is 50.3 Å². The van der Waals surface area contributed by atoms with E-state index in [1.807, 2.05) is 13.0 Å². The molecule has 0 radical (unpaired) electrons. The quantitative estimate of drug-likeness (QED) is 0.876. The lowest BCUT2D eigenvalue weighted by atomic mass is 9.80. The molecule has 1 aliphatic heterocycles. The second-order valence-electron chi connectivity index (χ2n) is 6.17.